The second kappa shape index (κ2) is 7.88. The smallest absolute Gasteiger partial charge is 0.244 e. The zero-order valence-corrected chi connectivity index (χ0v) is 15.3. The molecule has 0 bridgehead atoms. The van der Waals surface area contributed by atoms with E-state index in [0.717, 1.165) is 5.56 Å². The standard InChI is InChI=1S/C17H15Cl3N2O2/c1-10-3-4-12(18)7-16(10)22(11(2)23)9-17(24)21-13-5-6-14(19)15(20)8-13/h3-8H,9H2,1-2H3,(H,21,24). The molecular formula is C17H15Cl3N2O2. The highest BCUT2D eigenvalue weighted by molar-refractivity contribution is 6.42. The van der Waals surface area contributed by atoms with Crippen LogP contribution < -0.4 is 10.2 Å². The van der Waals surface area contributed by atoms with Gasteiger partial charge in [-0.2, -0.15) is 0 Å². The van der Waals surface area contributed by atoms with Gasteiger partial charge in [-0.1, -0.05) is 40.9 Å². The summed E-state index contributed by atoms with van der Waals surface area (Å²) < 4.78 is 0. The number of hydrogen-bond donors (Lipinski definition) is 1. The Bertz CT molecular complexity index is 793. The Morgan fingerprint density at radius 3 is 2.38 bits per heavy atom. The van der Waals surface area contributed by atoms with Gasteiger partial charge < -0.3 is 10.2 Å². The molecule has 0 unspecified atom stereocenters. The zero-order valence-electron chi connectivity index (χ0n) is 13.1. The fraction of sp³-hybridized carbons (Fsp3) is 0.176. The summed E-state index contributed by atoms with van der Waals surface area (Å²) in [6, 6.07) is 9.95. The molecule has 0 fully saturated rings. The number of nitrogens with zero attached hydrogens (tertiary/aromatic N) is 1. The van der Waals surface area contributed by atoms with E-state index in [9.17, 15) is 9.59 Å². The minimum absolute atomic E-state index is 0.142. The highest BCUT2D eigenvalue weighted by Gasteiger charge is 2.18. The maximum Gasteiger partial charge on any atom is 0.244 e. The third-order valence-corrected chi connectivity index (χ3v) is 4.32. The van der Waals surface area contributed by atoms with Crippen molar-refractivity contribution in [2.75, 3.05) is 16.8 Å². The van der Waals surface area contributed by atoms with Crippen molar-refractivity contribution in [1.82, 2.24) is 0 Å². The van der Waals surface area contributed by atoms with E-state index in [1.807, 2.05) is 6.92 Å². The lowest BCUT2D eigenvalue weighted by atomic mass is 10.1. The molecule has 2 amide bonds. The number of aryl methyl sites for hydroxylation is 1. The molecule has 0 saturated carbocycles. The molecular weight excluding hydrogens is 371 g/mol. The van der Waals surface area contributed by atoms with Crippen molar-refractivity contribution in [2.24, 2.45) is 0 Å². The van der Waals surface area contributed by atoms with Crippen LogP contribution in [0.4, 0.5) is 11.4 Å². The quantitative estimate of drug-likeness (QED) is 0.810. The number of benzene rings is 2. The van der Waals surface area contributed by atoms with Crippen LogP contribution in [0, 0.1) is 6.92 Å². The summed E-state index contributed by atoms with van der Waals surface area (Å²) in [5, 5.41) is 3.92. The minimum atomic E-state index is -0.358. The SMILES string of the molecule is CC(=O)N(CC(=O)Nc1ccc(Cl)c(Cl)c1)c1cc(Cl)ccc1C. The molecule has 4 nitrogen and oxygen atoms in total. The molecule has 0 radical (unpaired) electrons. The van der Waals surface area contributed by atoms with Gasteiger partial charge in [0.2, 0.25) is 11.8 Å². The number of halogens is 3. The monoisotopic (exact) mass is 384 g/mol. The number of amides is 2. The molecule has 7 heteroatoms. The third-order valence-electron chi connectivity index (χ3n) is 3.35. The Balaban J connectivity index is 2.18. The summed E-state index contributed by atoms with van der Waals surface area (Å²) in [6.07, 6.45) is 0. The molecule has 0 saturated heterocycles. The van der Waals surface area contributed by atoms with Crippen molar-refractivity contribution in [1.29, 1.82) is 0 Å². The first-order chi connectivity index (χ1) is 11.3. The first kappa shape index (κ1) is 18.6. The van der Waals surface area contributed by atoms with Crippen molar-refractivity contribution < 1.29 is 9.59 Å². The van der Waals surface area contributed by atoms with Crippen molar-refractivity contribution in [2.45, 2.75) is 13.8 Å². The Hall–Kier alpha value is -1.75. The Morgan fingerprint density at radius 1 is 1.04 bits per heavy atom. The van der Waals surface area contributed by atoms with Gasteiger partial charge in [0.1, 0.15) is 6.54 Å². The summed E-state index contributed by atoms with van der Waals surface area (Å²) in [5.74, 6) is -0.618. The lowest BCUT2D eigenvalue weighted by Gasteiger charge is -2.23. The molecule has 126 valence electrons. The number of hydrogen-bond acceptors (Lipinski definition) is 2. The van der Waals surface area contributed by atoms with Crippen molar-refractivity contribution >= 4 is 58.0 Å². The molecule has 2 aromatic carbocycles. The first-order valence-electron chi connectivity index (χ1n) is 7.07. The average molecular weight is 386 g/mol. The summed E-state index contributed by atoms with van der Waals surface area (Å²) in [5.41, 5.74) is 1.94. The second-order valence-electron chi connectivity index (χ2n) is 5.21. The summed E-state index contributed by atoms with van der Waals surface area (Å²) in [6.45, 7) is 3.10. The maximum absolute atomic E-state index is 12.3. The predicted molar refractivity (Wildman–Crippen MR) is 99.3 cm³/mol. The molecule has 0 aromatic heterocycles. The van der Waals surface area contributed by atoms with Crippen molar-refractivity contribution in [3.63, 3.8) is 0 Å². The molecule has 0 heterocycles. The van der Waals surface area contributed by atoms with Crippen LogP contribution in [0.5, 0.6) is 0 Å². The zero-order chi connectivity index (χ0) is 17.9. The average Bonchev–Trinajstić information content (AvgIpc) is 2.51. The van der Waals surface area contributed by atoms with Crippen LogP contribution >= 0.6 is 34.8 Å². The highest BCUT2D eigenvalue weighted by Crippen LogP contribution is 2.26. The van der Waals surface area contributed by atoms with Gasteiger partial charge in [0.25, 0.3) is 0 Å². The Morgan fingerprint density at radius 2 is 1.75 bits per heavy atom. The second-order valence-corrected chi connectivity index (χ2v) is 6.46. The molecule has 0 atom stereocenters. The van der Waals surface area contributed by atoms with Crippen LogP contribution in [0.1, 0.15) is 12.5 Å². The van der Waals surface area contributed by atoms with E-state index in [1.54, 1.807) is 36.4 Å². The molecule has 0 aliphatic rings. The van der Waals surface area contributed by atoms with Gasteiger partial charge in [-0.15, -0.1) is 0 Å². The topological polar surface area (TPSA) is 49.4 Å². The van der Waals surface area contributed by atoms with Crippen molar-refractivity contribution in [3.8, 4) is 0 Å². The largest absolute Gasteiger partial charge is 0.324 e. The van der Waals surface area contributed by atoms with Crippen LogP contribution in [0.3, 0.4) is 0 Å². The fourth-order valence-corrected chi connectivity index (χ4v) is 2.62. The maximum atomic E-state index is 12.3. The number of carbonyl (C=O) groups excluding carboxylic acids is 2. The molecule has 24 heavy (non-hydrogen) atoms. The van der Waals surface area contributed by atoms with Crippen molar-refractivity contribution in [3.05, 3.63) is 57.0 Å². The van der Waals surface area contributed by atoms with Gasteiger partial charge in [0.05, 0.1) is 10.0 Å². The van der Waals surface area contributed by atoms with Crippen LogP contribution in [0.2, 0.25) is 15.1 Å². The Kier molecular flexibility index (Phi) is 6.10. The van der Waals surface area contributed by atoms with Crippen LogP contribution in [-0.4, -0.2) is 18.4 Å². The molecule has 1 N–H and O–H groups in total. The summed E-state index contributed by atoms with van der Waals surface area (Å²) >= 11 is 17.8. The number of rotatable bonds is 4. The van der Waals surface area contributed by atoms with Gasteiger partial charge in [-0.25, -0.2) is 0 Å². The lowest BCUT2D eigenvalue weighted by molar-refractivity contribution is -0.120. The van der Waals surface area contributed by atoms with E-state index in [4.69, 9.17) is 34.8 Å². The van der Waals surface area contributed by atoms with Gasteiger partial charge in [-0.05, 0) is 42.8 Å². The van der Waals surface area contributed by atoms with E-state index < -0.39 is 0 Å². The molecule has 0 aliphatic carbocycles. The number of nitrogens with one attached hydrogen (secondary N) is 1. The van der Waals surface area contributed by atoms with E-state index in [1.165, 1.54) is 11.8 Å². The third kappa shape index (κ3) is 4.63. The van der Waals surface area contributed by atoms with Gasteiger partial charge >= 0.3 is 0 Å². The van der Waals surface area contributed by atoms with E-state index in [0.29, 0.717) is 26.4 Å². The first-order valence-corrected chi connectivity index (χ1v) is 8.20. The summed E-state index contributed by atoms with van der Waals surface area (Å²) in [7, 11) is 0. The molecule has 0 spiro atoms. The minimum Gasteiger partial charge on any atom is -0.324 e. The number of anilines is 2. The molecule has 2 rings (SSSR count). The Labute approximate surface area is 155 Å². The number of carbonyl (C=O) groups is 2. The lowest BCUT2D eigenvalue weighted by Crippen LogP contribution is -2.37. The van der Waals surface area contributed by atoms with Gasteiger partial charge in [-0.3, -0.25) is 9.59 Å². The van der Waals surface area contributed by atoms with E-state index in [2.05, 4.69) is 5.32 Å². The molecule has 2 aromatic rings. The highest BCUT2D eigenvalue weighted by atomic mass is 35.5. The normalized spacial score (nSPS) is 10.4. The van der Waals surface area contributed by atoms with E-state index >= 15 is 0 Å². The van der Waals surface area contributed by atoms with Gasteiger partial charge in [0, 0.05) is 23.3 Å². The fourth-order valence-electron chi connectivity index (χ4n) is 2.16. The van der Waals surface area contributed by atoms with Crippen LogP contribution in [-0.2, 0) is 9.59 Å². The predicted octanol–water partition coefficient (Wildman–Crippen LogP) is 4.95. The van der Waals surface area contributed by atoms with E-state index in [-0.39, 0.29) is 18.4 Å². The molecule has 0 aliphatic heterocycles. The summed E-state index contributed by atoms with van der Waals surface area (Å²) in [4.78, 5) is 25.6. The van der Waals surface area contributed by atoms with Gasteiger partial charge in [0.15, 0.2) is 0 Å². The van der Waals surface area contributed by atoms with Crippen LogP contribution in [0.25, 0.3) is 0 Å². The van der Waals surface area contributed by atoms with Crippen LogP contribution in [0.15, 0.2) is 36.4 Å².